The molecule has 128 valence electrons. The van der Waals surface area contributed by atoms with E-state index >= 15 is 0 Å². The summed E-state index contributed by atoms with van der Waals surface area (Å²) < 4.78 is 5.31. The monoisotopic (exact) mass is 319 g/mol. The van der Waals surface area contributed by atoms with E-state index in [9.17, 15) is 4.79 Å². The van der Waals surface area contributed by atoms with Gasteiger partial charge >= 0.3 is 6.09 Å². The first-order chi connectivity index (χ1) is 10.8. The van der Waals surface area contributed by atoms with Crippen LogP contribution in [-0.4, -0.2) is 42.3 Å². The first-order valence-electron chi connectivity index (χ1n) is 8.36. The van der Waals surface area contributed by atoms with E-state index in [1.54, 1.807) is 0 Å². The van der Waals surface area contributed by atoms with E-state index in [0.29, 0.717) is 0 Å². The predicted molar refractivity (Wildman–Crippen MR) is 92.2 cm³/mol. The minimum atomic E-state index is -0.451. The summed E-state index contributed by atoms with van der Waals surface area (Å²) in [6.45, 7) is 8.37. The number of nitrogens with two attached hydrogens (primary N) is 1. The van der Waals surface area contributed by atoms with E-state index in [2.05, 4.69) is 22.3 Å². The van der Waals surface area contributed by atoms with Gasteiger partial charge in [-0.25, -0.2) is 4.79 Å². The summed E-state index contributed by atoms with van der Waals surface area (Å²) in [7, 11) is 0. The van der Waals surface area contributed by atoms with Gasteiger partial charge in [0.2, 0.25) is 0 Å². The predicted octanol–water partition coefficient (Wildman–Crippen LogP) is 2.68. The molecule has 1 aromatic carbocycles. The van der Waals surface area contributed by atoms with Crippen molar-refractivity contribution in [3.8, 4) is 0 Å². The van der Waals surface area contributed by atoms with Gasteiger partial charge in [0.05, 0.1) is 0 Å². The van der Waals surface area contributed by atoms with Crippen LogP contribution in [0.1, 0.15) is 45.2 Å². The summed E-state index contributed by atoms with van der Waals surface area (Å²) in [6.07, 6.45) is 1.54. The van der Waals surface area contributed by atoms with E-state index in [-0.39, 0.29) is 18.2 Å². The Morgan fingerprint density at radius 3 is 2.48 bits per heavy atom. The highest BCUT2D eigenvalue weighted by Gasteiger charge is 2.24. The fraction of sp³-hybridized carbons (Fsp3) is 0.611. The number of carbonyl (C=O) groups is 1. The lowest BCUT2D eigenvalue weighted by Crippen LogP contribution is -2.47. The number of nitrogens with zero attached hydrogens (tertiary/aromatic N) is 1. The second-order valence-corrected chi connectivity index (χ2v) is 7.24. The highest BCUT2D eigenvalue weighted by atomic mass is 16.6. The average molecular weight is 319 g/mol. The Balaban J connectivity index is 1.73. The molecule has 2 rings (SSSR count). The van der Waals surface area contributed by atoms with Crippen LogP contribution in [0.4, 0.5) is 4.79 Å². The van der Waals surface area contributed by atoms with Gasteiger partial charge in [-0.15, -0.1) is 0 Å². The summed E-state index contributed by atoms with van der Waals surface area (Å²) in [5, 5.41) is 2.96. The summed E-state index contributed by atoms with van der Waals surface area (Å²) >= 11 is 0. The zero-order valence-electron chi connectivity index (χ0n) is 14.4. The molecule has 0 saturated carbocycles. The lowest BCUT2D eigenvalue weighted by molar-refractivity contribution is 0.0478. The summed E-state index contributed by atoms with van der Waals surface area (Å²) in [6, 6.07) is 10.4. The van der Waals surface area contributed by atoms with E-state index in [1.165, 1.54) is 5.56 Å². The number of benzene rings is 1. The molecule has 1 fully saturated rings. The molecule has 23 heavy (non-hydrogen) atoms. The van der Waals surface area contributed by atoms with E-state index < -0.39 is 5.60 Å². The van der Waals surface area contributed by atoms with Gasteiger partial charge in [-0.3, -0.25) is 0 Å². The Hall–Kier alpha value is -1.59. The van der Waals surface area contributed by atoms with Crippen LogP contribution in [0.3, 0.4) is 0 Å². The van der Waals surface area contributed by atoms with Crippen LogP contribution in [0.25, 0.3) is 0 Å². The third-order valence-corrected chi connectivity index (χ3v) is 3.99. The maximum atomic E-state index is 11.8. The molecular weight excluding hydrogens is 290 g/mol. The summed E-state index contributed by atoms with van der Waals surface area (Å²) in [5.41, 5.74) is 7.00. The molecule has 0 unspecified atom stereocenters. The van der Waals surface area contributed by atoms with Gasteiger partial charge in [0, 0.05) is 31.7 Å². The SMILES string of the molecule is CC(C)(C)OC(=O)NC1CCN(C[C@H](N)c2ccccc2)CC1. The largest absolute Gasteiger partial charge is 0.444 e. The highest BCUT2D eigenvalue weighted by Crippen LogP contribution is 2.16. The molecular formula is C18H29N3O2. The zero-order chi connectivity index (χ0) is 16.9. The number of likely N-dealkylation sites (tertiary alicyclic amines) is 1. The van der Waals surface area contributed by atoms with Crippen molar-refractivity contribution in [2.45, 2.75) is 51.3 Å². The van der Waals surface area contributed by atoms with Crippen molar-refractivity contribution in [2.75, 3.05) is 19.6 Å². The molecule has 1 aliphatic rings. The first-order valence-corrected chi connectivity index (χ1v) is 8.36. The maximum Gasteiger partial charge on any atom is 0.407 e. The Morgan fingerprint density at radius 1 is 1.30 bits per heavy atom. The van der Waals surface area contributed by atoms with Crippen LogP contribution in [0.15, 0.2) is 30.3 Å². The number of alkyl carbamates (subject to hydrolysis) is 1. The van der Waals surface area contributed by atoms with Crippen LogP contribution in [0, 0.1) is 0 Å². The molecule has 1 aromatic rings. The number of hydrogen-bond donors (Lipinski definition) is 2. The van der Waals surface area contributed by atoms with E-state index in [4.69, 9.17) is 10.5 Å². The quantitative estimate of drug-likeness (QED) is 0.895. The van der Waals surface area contributed by atoms with Gasteiger partial charge in [0.1, 0.15) is 5.60 Å². The van der Waals surface area contributed by atoms with Crippen LogP contribution >= 0.6 is 0 Å². The summed E-state index contributed by atoms with van der Waals surface area (Å²) in [5.74, 6) is 0. The van der Waals surface area contributed by atoms with Crippen molar-refractivity contribution in [1.82, 2.24) is 10.2 Å². The Morgan fingerprint density at radius 2 is 1.91 bits per heavy atom. The first kappa shape index (κ1) is 17.8. The number of carbonyl (C=O) groups excluding carboxylic acids is 1. The minimum absolute atomic E-state index is 0.0339. The lowest BCUT2D eigenvalue weighted by atomic mass is 10.0. The van der Waals surface area contributed by atoms with Crippen LogP contribution in [0.2, 0.25) is 0 Å². The number of nitrogens with one attached hydrogen (secondary N) is 1. The van der Waals surface area contributed by atoms with Gasteiger partial charge in [0.15, 0.2) is 0 Å². The molecule has 0 radical (unpaired) electrons. The molecule has 1 amide bonds. The van der Waals surface area contributed by atoms with E-state index in [1.807, 2.05) is 39.0 Å². The number of piperidine rings is 1. The van der Waals surface area contributed by atoms with Crippen LogP contribution in [0.5, 0.6) is 0 Å². The minimum Gasteiger partial charge on any atom is -0.444 e. The number of hydrogen-bond acceptors (Lipinski definition) is 4. The van der Waals surface area contributed by atoms with Crippen molar-refractivity contribution < 1.29 is 9.53 Å². The van der Waals surface area contributed by atoms with E-state index in [0.717, 1.165) is 32.5 Å². The molecule has 0 aromatic heterocycles. The van der Waals surface area contributed by atoms with Crippen molar-refractivity contribution in [2.24, 2.45) is 5.73 Å². The normalized spacial score (nSPS) is 18.4. The fourth-order valence-corrected chi connectivity index (χ4v) is 2.82. The second kappa shape index (κ2) is 7.79. The Labute approximate surface area is 139 Å². The average Bonchev–Trinajstić information content (AvgIpc) is 2.48. The number of ether oxygens (including phenoxy) is 1. The third-order valence-electron chi connectivity index (χ3n) is 3.99. The topological polar surface area (TPSA) is 67.6 Å². The smallest absolute Gasteiger partial charge is 0.407 e. The third kappa shape index (κ3) is 6.20. The molecule has 0 bridgehead atoms. The van der Waals surface area contributed by atoms with Gasteiger partial charge in [-0.05, 0) is 39.2 Å². The molecule has 1 saturated heterocycles. The van der Waals surface area contributed by atoms with Crippen molar-refractivity contribution >= 4 is 6.09 Å². The molecule has 1 aliphatic heterocycles. The van der Waals surface area contributed by atoms with Crippen molar-refractivity contribution in [3.05, 3.63) is 35.9 Å². The maximum absolute atomic E-state index is 11.8. The van der Waals surface area contributed by atoms with Gasteiger partial charge in [-0.2, -0.15) is 0 Å². The zero-order valence-corrected chi connectivity index (χ0v) is 14.4. The van der Waals surface area contributed by atoms with Gasteiger partial charge in [0.25, 0.3) is 0 Å². The molecule has 5 heteroatoms. The van der Waals surface area contributed by atoms with Crippen LogP contribution in [-0.2, 0) is 4.74 Å². The second-order valence-electron chi connectivity index (χ2n) is 7.24. The summed E-state index contributed by atoms with van der Waals surface area (Å²) in [4.78, 5) is 14.2. The Kier molecular flexibility index (Phi) is 6.02. The van der Waals surface area contributed by atoms with Crippen molar-refractivity contribution in [1.29, 1.82) is 0 Å². The standard InChI is InChI=1S/C18H29N3O2/c1-18(2,3)23-17(22)20-15-9-11-21(12-10-15)13-16(19)14-7-5-4-6-8-14/h4-8,15-16H,9-13,19H2,1-3H3,(H,20,22)/t16-/m0/s1. The molecule has 1 heterocycles. The molecule has 1 atom stereocenters. The molecule has 3 N–H and O–H groups in total. The lowest BCUT2D eigenvalue weighted by Gasteiger charge is -2.34. The van der Waals surface area contributed by atoms with Gasteiger partial charge in [-0.1, -0.05) is 30.3 Å². The Bertz CT molecular complexity index is 491. The molecule has 5 nitrogen and oxygen atoms in total. The fourth-order valence-electron chi connectivity index (χ4n) is 2.82. The number of rotatable bonds is 4. The number of amides is 1. The van der Waals surface area contributed by atoms with Crippen LogP contribution < -0.4 is 11.1 Å². The molecule has 0 spiro atoms. The highest BCUT2D eigenvalue weighted by molar-refractivity contribution is 5.68. The van der Waals surface area contributed by atoms with Crippen molar-refractivity contribution in [3.63, 3.8) is 0 Å². The molecule has 0 aliphatic carbocycles. The van der Waals surface area contributed by atoms with Gasteiger partial charge < -0.3 is 20.7 Å².